The maximum absolute atomic E-state index is 14.3. The smallest absolute Gasteiger partial charge is 0.336 e. The van der Waals surface area contributed by atoms with E-state index in [4.69, 9.17) is 4.74 Å². The molecule has 0 unspecified atom stereocenters. The molecular weight excluding hydrogens is 321 g/mol. The summed E-state index contributed by atoms with van der Waals surface area (Å²) in [7, 11) is 0. The Bertz CT molecular complexity index is 690. The summed E-state index contributed by atoms with van der Waals surface area (Å²) in [6, 6.07) is 6.30. The van der Waals surface area contributed by atoms with Crippen molar-refractivity contribution in [2.75, 3.05) is 0 Å². The summed E-state index contributed by atoms with van der Waals surface area (Å²) in [4.78, 5) is 24.8. The molecule has 1 N–H and O–H groups in total. The summed E-state index contributed by atoms with van der Waals surface area (Å²) >= 11 is 0. The summed E-state index contributed by atoms with van der Waals surface area (Å²) in [5, 5.41) is 2.70. The van der Waals surface area contributed by atoms with Gasteiger partial charge in [0.05, 0.1) is 5.57 Å². The Morgan fingerprint density at radius 3 is 2.52 bits per heavy atom. The molecule has 1 amide bonds. The molecule has 5 heteroatoms. The summed E-state index contributed by atoms with van der Waals surface area (Å²) < 4.78 is 20.0. The molecule has 3 rings (SSSR count). The minimum atomic E-state index is -0.603. The van der Waals surface area contributed by atoms with Crippen molar-refractivity contribution in [1.82, 2.24) is 5.32 Å². The number of allylic oxidation sites excluding steroid dienone is 1. The average molecular weight is 345 g/mol. The van der Waals surface area contributed by atoms with Gasteiger partial charge in [-0.15, -0.1) is 0 Å². The van der Waals surface area contributed by atoms with Crippen molar-refractivity contribution < 1.29 is 18.7 Å². The standard InChI is InChI=1S/C20H24FNO3/c1-13-19(20(24)25-14-8-4-2-3-5-9-14)16(12-18(23)22-13)15-10-6-7-11-17(15)21/h6-7,10-11,14,16H,2-5,8-9,12H2,1H3,(H,22,23)/t16-/m1/s1. The van der Waals surface area contributed by atoms with Crippen molar-refractivity contribution in [2.24, 2.45) is 0 Å². The van der Waals surface area contributed by atoms with Gasteiger partial charge >= 0.3 is 5.97 Å². The molecule has 25 heavy (non-hydrogen) atoms. The van der Waals surface area contributed by atoms with E-state index in [-0.39, 0.29) is 18.4 Å². The molecule has 1 aliphatic carbocycles. The molecule has 1 atom stereocenters. The van der Waals surface area contributed by atoms with Crippen molar-refractivity contribution in [3.8, 4) is 0 Å². The zero-order valence-electron chi connectivity index (χ0n) is 14.5. The largest absolute Gasteiger partial charge is 0.459 e. The summed E-state index contributed by atoms with van der Waals surface area (Å²) in [5.41, 5.74) is 1.20. The molecule has 4 nitrogen and oxygen atoms in total. The number of ether oxygens (including phenoxy) is 1. The third kappa shape index (κ3) is 4.09. The Kier molecular flexibility index (Phi) is 5.51. The lowest BCUT2D eigenvalue weighted by atomic mass is 9.84. The fourth-order valence-corrected chi connectivity index (χ4v) is 3.77. The van der Waals surface area contributed by atoms with E-state index in [1.54, 1.807) is 25.1 Å². The second-order valence-electron chi connectivity index (χ2n) is 6.88. The van der Waals surface area contributed by atoms with Gasteiger partial charge in [-0.25, -0.2) is 9.18 Å². The minimum absolute atomic E-state index is 0.0490. The molecule has 0 aromatic heterocycles. The monoisotopic (exact) mass is 345 g/mol. The van der Waals surface area contributed by atoms with Gasteiger partial charge in [0, 0.05) is 18.0 Å². The quantitative estimate of drug-likeness (QED) is 0.666. The van der Waals surface area contributed by atoms with Gasteiger partial charge in [-0.3, -0.25) is 4.79 Å². The van der Waals surface area contributed by atoms with Crippen LogP contribution in [-0.4, -0.2) is 18.0 Å². The van der Waals surface area contributed by atoms with Gasteiger partial charge in [0.25, 0.3) is 0 Å². The highest BCUT2D eigenvalue weighted by molar-refractivity contribution is 5.95. The molecule has 134 valence electrons. The first-order valence-electron chi connectivity index (χ1n) is 9.02. The van der Waals surface area contributed by atoms with Gasteiger partial charge in [-0.1, -0.05) is 31.0 Å². The van der Waals surface area contributed by atoms with Crippen LogP contribution in [0.1, 0.15) is 63.4 Å². The van der Waals surface area contributed by atoms with Gasteiger partial charge in [0.1, 0.15) is 11.9 Å². The number of halogens is 1. The zero-order valence-corrected chi connectivity index (χ0v) is 14.5. The predicted octanol–water partition coefficient (Wildman–Crippen LogP) is 3.97. The van der Waals surface area contributed by atoms with E-state index in [0.29, 0.717) is 16.8 Å². The Hall–Kier alpha value is -2.17. The number of hydrogen-bond donors (Lipinski definition) is 1. The first kappa shape index (κ1) is 17.6. The minimum Gasteiger partial charge on any atom is -0.459 e. The number of rotatable bonds is 3. The molecule has 1 fully saturated rings. The number of hydrogen-bond acceptors (Lipinski definition) is 3. The van der Waals surface area contributed by atoms with Crippen LogP contribution in [-0.2, 0) is 14.3 Å². The van der Waals surface area contributed by atoms with E-state index in [2.05, 4.69) is 5.32 Å². The number of esters is 1. The molecule has 1 aromatic rings. The first-order valence-corrected chi connectivity index (χ1v) is 9.02. The number of carbonyl (C=O) groups excluding carboxylic acids is 2. The van der Waals surface area contributed by atoms with Crippen LogP contribution in [0.25, 0.3) is 0 Å². The highest BCUT2D eigenvalue weighted by Crippen LogP contribution is 2.35. The lowest BCUT2D eigenvalue weighted by molar-refractivity contribution is -0.145. The van der Waals surface area contributed by atoms with Crippen molar-refractivity contribution in [2.45, 2.75) is 63.9 Å². The van der Waals surface area contributed by atoms with Gasteiger partial charge in [-0.05, 0) is 44.2 Å². The SMILES string of the molecule is CC1=C(C(=O)OC2CCCCCC2)[C@@H](c2ccccc2F)CC(=O)N1. The van der Waals surface area contributed by atoms with Crippen LogP contribution >= 0.6 is 0 Å². The molecule has 0 saturated heterocycles. The third-order valence-electron chi connectivity index (χ3n) is 5.05. The Balaban J connectivity index is 1.87. The third-order valence-corrected chi connectivity index (χ3v) is 5.05. The molecule has 1 heterocycles. The van der Waals surface area contributed by atoms with Crippen molar-refractivity contribution in [1.29, 1.82) is 0 Å². The normalized spacial score (nSPS) is 22.3. The highest BCUT2D eigenvalue weighted by atomic mass is 19.1. The lowest BCUT2D eigenvalue weighted by Gasteiger charge is -2.28. The molecule has 0 spiro atoms. The summed E-state index contributed by atoms with van der Waals surface area (Å²) in [6.45, 7) is 1.68. The Labute approximate surface area is 147 Å². The van der Waals surface area contributed by atoms with Crippen molar-refractivity contribution >= 4 is 11.9 Å². The molecule has 0 bridgehead atoms. The number of nitrogens with one attached hydrogen (secondary N) is 1. The maximum atomic E-state index is 14.3. The molecule has 0 radical (unpaired) electrons. The van der Waals surface area contributed by atoms with Crippen LogP contribution in [0, 0.1) is 5.82 Å². The fraction of sp³-hybridized carbons (Fsp3) is 0.500. The van der Waals surface area contributed by atoms with Crippen LogP contribution in [0.15, 0.2) is 35.5 Å². The number of benzene rings is 1. The van der Waals surface area contributed by atoms with Crippen LogP contribution in [0.5, 0.6) is 0 Å². The van der Waals surface area contributed by atoms with Gasteiger partial charge in [0.15, 0.2) is 0 Å². The molecular formula is C20H24FNO3. The van der Waals surface area contributed by atoms with Crippen LogP contribution in [0.4, 0.5) is 4.39 Å². The molecule has 1 aromatic carbocycles. The first-order chi connectivity index (χ1) is 12.1. The van der Waals surface area contributed by atoms with E-state index in [1.807, 2.05) is 0 Å². The topological polar surface area (TPSA) is 55.4 Å². The highest BCUT2D eigenvalue weighted by Gasteiger charge is 2.35. The molecule has 1 aliphatic heterocycles. The van der Waals surface area contributed by atoms with Crippen molar-refractivity contribution in [3.63, 3.8) is 0 Å². The maximum Gasteiger partial charge on any atom is 0.336 e. The number of amides is 1. The van der Waals surface area contributed by atoms with Gasteiger partial charge < -0.3 is 10.1 Å². The van der Waals surface area contributed by atoms with E-state index >= 15 is 0 Å². The van der Waals surface area contributed by atoms with Crippen molar-refractivity contribution in [3.05, 3.63) is 46.9 Å². The lowest BCUT2D eigenvalue weighted by Crippen LogP contribution is -2.35. The predicted molar refractivity (Wildman–Crippen MR) is 92.2 cm³/mol. The van der Waals surface area contributed by atoms with E-state index < -0.39 is 17.7 Å². The van der Waals surface area contributed by atoms with E-state index in [9.17, 15) is 14.0 Å². The van der Waals surface area contributed by atoms with E-state index in [1.165, 1.54) is 18.9 Å². The Morgan fingerprint density at radius 1 is 1.16 bits per heavy atom. The second kappa shape index (κ2) is 7.81. The van der Waals surface area contributed by atoms with Crippen LogP contribution in [0.2, 0.25) is 0 Å². The molecule has 1 saturated carbocycles. The van der Waals surface area contributed by atoms with Gasteiger partial charge in [0.2, 0.25) is 5.91 Å². The fourth-order valence-electron chi connectivity index (χ4n) is 3.77. The van der Waals surface area contributed by atoms with Gasteiger partial charge in [-0.2, -0.15) is 0 Å². The Morgan fingerprint density at radius 2 is 1.84 bits per heavy atom. The molecule has 2 aliphatic rings. The average Bonchev–Trinajstić information content (AvgIpc) is 2.83. The summed E-state index contributed by atoms with van der Waals surface area (Å²) in [6.07, 6.45) is 6.16. The zero-order chi connectivity index (χ0) is 17.8. The summed E-state index contributed by atoms with van der Waals surface area (Å²) in [5.74, 6) is -1.66. The van der Waals surface area contributed by atoms with Crippen LogP contribution in [0.3, 0.4) is 0 Å². The second-order valence-corrected chi connectivity index (χ2v) is 6.88. The van der Waals surface area contributed by atoms with Crippen LogP contribution < -0.4 is 5.32 Å². The van der Waals surface area contributed by atoms with E-state index in [0.717, 1.165) is 25.7 Å². The number of carbonyl (C=O) groups is 2.